The van der Waals surface area contributed by atoms with E-state index < -0.39 is 6.09 Å². The topological polar surface area (TPSA) is 104 Å². The summed E-state index contributed by atoms with van der Waals surface area (Å²) < 4.78 is 0. The second-order valence-electron chi connectivity index (χ2n) is 5.53. The summed E-state index contributed by atoms with van der Waals surface area (Å²) in [5.74, 6) is 2.25. The van der Waals surface area contributed by atoms with Crippen LogP contribution in [0.15, 0.2) is 53.7 Å². The Bertz CT molecular complexity index is 891. The number of rotatable bonds is 8. The van der Waals surface area contributed by atoms with Gasteiger partial charge in [-0.3, -0.25) is 9.69 Å². The van der Waals surface area contributed by atoms with Crippen LogP contribution in [-0.2, 0) is 16.2 Å². The van der Waals surface area contributed by atoms with Gasteiger partial charge in [0.25, 0.3) is 5.91 Å². The van der Waals surface area contributed by atoms with E-state index in [4.69, 9.17) is 11.3 Å². The van der Waals surface area contributed by atoms with E-state index >= 15 is 0 Å². The Balaban J connectivity index is 2.15. The molecule has 0 spiro atoms. The molecule has 0 aliphatic heterocycles. The monoisotopic (exact) mass is 380 g/mol. The van der Waals surface area contributed by atoms with Crippen LogP contribution < -0.4 is 10.2 Å². The number of pyridine rings is 1. The molecule has 0 saturated heterocycles. The van der Waals surface area contributed by atoms with E-state index in [9.17, 15) is 14.7 Å². The average Bonchev–Trinajstić information content (AvgIpc) is 2.72. The van der Waals surface area contributed by atoms with Crippen LogP contribution in [0.1, 0.15) is 17.7 Å². The minimum absolute atomic E-state index is 0.0379. The number of carbonyl (C=O) groups is 2. The van der Waals surface area contributed by atoms with Gasteiger partial charge in [-0.1, -0.05) is 41.6 Å². The molecule has 2 rings (SSSR count). The highest BCUT2D eigenvalue weighted by molar-refractivity contribution is 6.45. The molecule has 2 N–H and O–H groups in total. The van der Waals surface area contributed by atoms with E-state index in [2.05, 4.69) is 21.4 Å². The number of likely N-dealkylation sites (N-methyl/N-ethyl adjacent to an activating group) is 1. The highest BCUT2D eigenvalue weighted by Gasteiger charge is 2.16. The van der Waals surface area contributed by atoms with Crippen molar-refractivity contribution >= 4 is 23.5 Å². The first kappa shape index (κ1) is 20.5. The predicted molar refractivity (Wildman–Crippen MR) is 105 cm³/mol. The second-order valence-corrected chi connectivity index (χ2v) is 5.53. The molecular formula is C20H20N4O4. The molecular weight excluding hydrogens is 360 g/mol. The zero-order valence-corrected chi connectivity index (χ0v) is 15.3. The third kappa shape index (κ3) is 5.57. The lowest BCUT2D eigenvalue weighted by atomic mass is 10.1. The Labute approximate surface area is 162 Å². The summed E-state index contributed by atoms with van der Waals surface area (Å²) in [6.07, 6.45) is 4.33. The SMILES string of the molecule is C#CCCN(C(=O)O)c1cccc(CO/N=C(/C(=O)NC)c2ccccc2)n1. The normalized spacial score (nSPS) is 10.6. The zero-order valence-electron chi connectivity index (χ0n) is 15.3. The van der Waals surface area contributed by atoms with Crippen LogP contribution in [0.5, 0.6) is 0 Å². The molecule has 0 radical (unpaired) electrons. The van der Waals surface area contributed by atoms with Crippen LogP contribution in [0, 0.1) is 12.3 Å². The van der Waals surface area contributed by atoms with Crippen molar-refractivity contribution in [2.45, 2.75) is 13.0 Å². The minimum Gasteiger partial charge on any atom is -0.465 e. The van der Waals surface area contributed by atoms with Gasteiger partial charge < -0.3 is 15.3 Å². The maximum atomic E-state index is 12.0. The summed E-state index contributed by atoms with van der Waals surface area (Å²) in [4.78, 5) is 34.1. The van der Waals surface area contributed by atoms with E-state index in [1.54, 1.807) is 42.5 Å². The molecule has 0 fully saturated rings. The fourth-order valence-corrected chi connectivity index (χ4v) is 2.28. The summed E-state index contributed by atoms with van der Waals surface area (Å²) in [6.45, 7) is 0.0971. The Hall–Kier alpha value is -3.86. The van der Waals surface area contributed by atoms with Gasteiger partial charge in [0, 0.05) is 25.6 Å². The largest absolute Gasteiger partial charge is 0.465 e. The number of amides is 2. The molecule has 0 aliphatic rings. The molecule has 8 heteroatoms. The molecule has 1 heterocycles. The number of hydrogen-bond donors (Lipinski definition) is 2. The summed E-state index contributed by atoms with van der Waals surface area (Å²) >= 11 is 0. The first-order chi connectivity index (χ1) is 13.6. The summed E-state index contributed by atoms with van der Waals surface area (Å²) in [5.41, 5.74) is 1.19. The first-order valence-corrected chi connectivity index (χ1v) is 8.44. The number of carboxylic acid groups (broad SMARTS) is 1. The molecule has 0 bridgehead atoms. The molecule has 0 atom stereocenters. The molecule has 144 valence electrons. The van der Waals surface area contributed by atoms with E-state index in [0.29, 0.717) is 11.3 Å². The Morgan fingerprint density at radius 3 is 2.64 bits per heavy atom. The maximum absolute atomic E-state index is 12.0. The molecule has 2 amide bonds. The lowest BCUT2D eigenvalue weighted by Gasteiger charge is -2.17. The standard InChI is InChI=1S/C20H20N4O4/c1-3-4-13-24(20(26)27)17-12-8-11-16(22-17)14-28-23-18(19(25)21-2)15-9-6-5-7-10-15/h1,5-12H,4,13-14H2,2H3,(H,21,25)(H,26,27)/b23-18+. The number of hydrogen-bond acceptors (Lipinski definition) is 5. The van der Waals surface area contributed by atoms with Gasteiger partial charge in [-0.2, -0.15) is 0 Å². The fourth-order valence-electron chi connectivity index (χ4n) is 2.28. The highest BCUT2D eigenvalue weighted by Crippen LogP contribution is 2.13. The number of nitrogens with zero attached hydrogens (tertiary/aromatic N) is 3. The van der Waals surface area contributed by atoms with Crippen molar-refractivity contribution in [3.63, 3.8) is 0 Å². The third-order valence-corrected chi connectivity index (χ3v) is 3.64. The Kier molecular flexibility index (Phi) is 7.54. The highest BCUT2D eigenvalue weighted by atomic mass is 16.6. The number of benzene rings is 1. The molecule has 0 saturated carbocycles. The molecule has 1 aromatic carbocycles. The average molecular weight is 380 g/mol. The summed E-state index contributed by atoms with van der Waals surface area (Å²) in [5, 5.41) is 15.8. The van der Waals surface area contributed by atoms with E-state index in [1.807, 2.05) is 6.07 Å². The van der Waals surface area contributed by atoms with Gasteiger partial charge in [0.1, 0.15) is 5.82 Å². The second kappa shape index (κ2) is 10.3. The van der Waals surface area contributed by atoms with Crippen LogP contribution in [0.2, 0.25) is 0 Å². The van der Waals surface area contributed by atoms with E-state index in [0.717, 1.165) is 4.90 Å². The van der Waals surface area contributed by atoms with E-state index in [-0.39, 0.29) is 37.0 Å². The van der Waals surface area contributed by atoms with Crippen molar-refractivity contribution in [3.8, 4) is 12.3 Å². The molecule has 1 aromatic heterocycles. The molecule has 28 heavy (non-hydrogen) atoms. The maximum Gasteiger partial charge on any atom is 0.413 e. The van der Waals surface area contributed by atoms with Gasteiger partial charge in [0.15, 0.2) is 12.3 Å². The van der Waals surface area contributed by atoms with Gasteiger partial charge >= 0.3 is 6.09 Å². The van der Waals surface area contributed by atoms with Crippen molar-refractivity contribution in [1.29, 1.82) is 0 Å². The quantitative estimate of drug-likeness (QED) is 0.415. The van der Waals surface area contributed by atoms with Crippen molar-refractivity contribution < 1.29 is 19.5 Å². The van der Waals surface area contributed by atoms with Crippen molar-refractivity contribution in [3.05, 3.63) is 59.8 Å². The number of carbonyl (C=O) groups excluding carboxylic acids is 1. The number of anilines is 1. The summed E-state index contributed by atoms with van der Waals surface area (Å²) in [7, 11) is 1.50. The smallest absolute Gasteiger partial charge is 0.413 e. The van der Waals surface area contributed by atoms with Gasteiger partial charge in [0.2, 0.25) is 0 Å². The molecule has 8 nitrogen and oxygen atoms in total. The number of nitrogens with one attached hydrogen (secondary N) is 1. The van der Waals surface area contributed by atoms with Crippen molar-refractivity contribution in [1.82, 2.24) is 10.3 Å². The fraction of sp³-hybridized carbons (Fsp3) is 0.200. The lowest BCUT2D eigenvalue weighted by Crippen LogP contribution is -2.31. The first-order valence-electron chi connectivity index (χ1n) is 8.44. The van der Waals surface area contributed by atoms with E-state index in [1.165, 1.54) is 7.05 Å². The molecule has 0 unspecified atom stereocenters. The van der Waals surface area contributed by atoms with Gasteiger partial charge in [-0.25, -0.2) is 9.78 Å². The molecule has 0 aliphatic carbocycles. The number of oxime groups is 1. The van der Waals surface area contributed by atoms with Gasteiger partial charge in [0.05, 0.1) is 5.69 Å². The Morgan fingerprint density at radius 2 is 2.00 bits per heavy atom. The van der Waals surface area contributed by atoms with Gasteiger partial charge in [-0.05, 0) is 12.1 Å². The number of aromatic nitrogens is 1. The minimum atomic E-state index is -1.15. The predicted octanol–water partition coefficient (Wildman–Crippen LogP) is 2.26. The lowest BCUT2D eigenvalue weighted by molar-refractivity contribution is -0.114. The number of terminal acetylenes is 1. The van der Waals surface area contributed by atoms with Crippen molar-refractivity contribution in [2.24, 2.45) is 5.16 Å². The van der Waals surface area contributed by atoms with Crippen LogP contribution in [0.4, 0.5) is 10.6 Å². The van der Waals surface area contributed by atoms with Crippen LogP contribution in [0.3, 0.4) is 0 Å². The van der Waals surface area contributed by atoms with Gasteiger partial charge in [-0.15, -0.1) is 12.3 Å². The Morgan fingerprint density at radius 1 is 1.25 bits per heavy atom. The summed E-state index contributed by atoms with van der Waals surface area (Å²) in [6, 6.07) is 13.8. The van der Waals surface area contributed by atoms with Crippen LogP contribution >= 0.6 is 0 Å². The molecule has 2 aromatic rings. The van der Waals surface area contributed by atoms with Crippen LogP contribution in [0.25, 0.3) is 0 Å². The van der Waals surface area contributed by atoms with Crippen molar-refractivity contribution in [2.75, 3.05) is 18.5 Å². The third-order valence-electron chi connectivity index (χ3n) is 3.64. The zero-order chi connectivity index (χ0) is 20.4. The van der Waals surface area contributed by atoms with Crippen LogP contribution in [-0.4, -0.2) is 41.4 Å².